The van der Waals surface area contributed by atoms with Crippen LogP contribution in [0.1, 0.15) is 20.3 Å². The van der Waals surface area contributed by atoms with Gasteiger partial charge in [-0.2, -0.15) is 0 Å². The summed E-state index contributed by atoms with van der Waals surface area (Å²) in [6, 6.07) is 0. The second-order valence-corrected chi connectivity index (χ2v) is 2.56. The Morgan fingerprint density at radius 2 is 2.27 bits per heavy atom. The Kier molecular flexibility index (Phi) is 4.54. The van der Waals surface area contributed by atoms with Crippen molar-refractivity contribution in [3.63, 3.8) is 0 Å². The Balaban J connectivity index is 3.39. The van der Waals surface area contributed by atoms with Gasteiger partial charge in [0.25, 0.3) is 0 Å². The van der Waals surface area contributed by atoms with Gasteiger partial charge < -0.3 is 9.84 Å². The molecule has 0 fully saturated rings. The highest BCUT2D eigenvalue weighted by atomic mass is 16.5. The zero-order valence-corrected chi connectivity index (χ0v) is 6.96. The average molecular weight is 158 g/mol. The molecule has 1 N–H and O–H groups in total. The van der Waals surface area contributed by atoms with E-state index in [1.165, 1.54) is 6.92 Å². The Morgan fingerprint density at radius 3 is 2.64 bits per heavy atom. The summed E-state index contributed by atoms with van der Waals surface area (Å²) in [5.74, 6) is -0.924. The smallest absolute Gasteiger partial charge is 0.332 e. The minimum atomic E-state index is -0.924. The van der Waals surface area contributed by atoms with Gasteiger partial charge >= 0.3 is 5.97 Å². The first-order chi connectivity index (χ1) is 5.04. The molecule has 0 aromatic heterocycles. The van der Waals surface area contributed by atoms with Crippen molar-refractivity contribution in [1.29, 1.82) is 0 Å². The third-order valence-electron chi connectivity index (χ3n) is 1.24. The summed E-state index contributed by atoms with van der Waals surface area (Å²) < 4.78 is 4.95. The molecule has 1 unspecified atom stereocenters. The van der Waals surface area contributed by atoms with Crippen molar-refractivity contribution in [2.45, 2.75) is 26.4 Å². The first kappa shape index (κ1) is 10.2. The maximum atomic E-state index is 10.2. The van der Waals surface area contributed by atoms with Crippen molar-refractivity contribution < 1.29 is 14.6 Å². The molecule has 0 rings (SSSR count). The van der Waals surface area contributed by atoms with Gasteiger partial charge in [-0.3, -0.25) is 0 Å². The van der Waals surface area contributed by atoms with Crippen LogP contribution in [0.25, 0.3) is 0 Å². The summed E-state index contributed by atoms with van der Waals surface area (Å²) in [7, 11) is 0. The van der Waals surface area contributed by atoms with Crippen LogP contribution >= 0.6 is 0 Å². The molecule has 11 heavy (non-hydrogen) atoms. The van der Waals surface area contributed by atoms with Gasteiger partial charge in [0.1, 0.15) is 0 Å². The SMILES string of the molecule is C=C(C)CCOC(C)C(=O)O. The fraction of sp³-hybridized carbons (Fsp3) is 0.625. The van der Waals surface area contributed by atoms with Crippen LogP contribution in [0, 0.1) is 0 Å². The number of ether oxygens (including phenoxy) is 1. The molecule has 0 aromatic carbocycles. The van der Waals surface area contributed by atoms with Crippen LogP contribution in [0.4, 0.5) is 0 Å². The number of carboxylic acid groups (broad SMARTS) is 1. The molecule has 0 amide bonds. The maximum Gasteiger partial charge on any atom is 0.332 e. The van der Waals surface area contributed by atoms with Gasteiger partial charge in [-0.15, -0.1) is 6.58 Å². The van der Waals surface area contributed by atoms with Gasteiger partial charge in [-0.1, -0.05) is 5.57 Å². The van der Waals surface area contributed by atoms with Crippen LogP contribution in [0.3, 0.4) is 0 Å². The van der Waals surface area contributed by atoms with Crippen LogP contribution in [0.5, 0.6) is 0 Å². The first-order valence-corrected chi connectivity index (χ1v) is 3.53. The van der Waals surface area contributed by atoms with E-state index in [9.17, 15) is 4.79 Å². The van der Waals surface area contributed by atoms with E-state index in [4.69, 9.17) is 9.84 Å². The Labute approximate surface area is 66.7 Å². The number of carboxylic acids is 1. The lowest BCUT2D eigenvalue weighted by Gasteiger charge is -2.07. The molecule has 0 saturated carbocycles. The predicted molar refractivity (Wildman–Crippen MR) is 42.5 cm³/mol. The fourth-order valence-electron chi connectivity index (χ4n) is 0.481. The van der Waals surface area contributed by atoms with Crippen LogP contribution in [-0.2, 0) is 9.53 Å². The summed E-state index contributed by atoms with van der Waals surface area (Å²) in [6.45, 7) is 7.50. The van der Waals surface area contributed by atoms with Gasteiger partial charge in [0, 0.05) is 0 Å². The first-order valence-electron chi connectivity index (χ1n) is 3.53. The Morgan fingerprint density at radius 1 is 1.73 bits per heavy atom. The molecule has 3 heteroatoms. The van der Waals surface area contributed by atoms with Gasteiger partial charge in [-0.05, 0) is 20.3 Å². The highest BCUT2D eigenvalue weighted by molar-refractivity contribution is 5.71. The Hall–Kier alpha value is -0.830. The highest BCUT2D eigenvalue weighted by Gasteiger charge is 2.09. The van der Waals surface area contributed by atoms with E-state index in [-0.39, 0.29) is 0 Å². The normalized spacial score (nSPS) is 12.5. The molecule has 0 aliphatic rings. The van der Waals surface area contributed by atoms with E-state index in [0.29, 0.717) is 6.61 Å². The molecular formula is C8H14O3. The van der Waals surface area contributed by atoms with E-state index < -0.39 is 12.1 Å². The minimum Gasteiger partial charge on any atom is -0.479 e. The van der Waals surface area contributed by atoms with Crippen LogP contribution in [0.2, 0.25) is 0 Å². The second kappa shape index (κ2) is 4.91. The third kappa shape index (κ3) is 5.61. The molecule has 0 saturated heterocycles. The summed E-state index contributed by atoms with van der Waals surface area (Å²) >= 11 is 0. The molecule has 0 aliphatic carbocycles. The lowest BCUT2D eigenvalue weighted by molar-refractivity contribution is -0.149. The number of hydrogen-bond acceptors (Lipinski definition) is 2. The van der Waals surface area contributed by atoms with Gasteiger partial charge in [0.2, 0.25) is 0 Å². The van der Waals surface area contributed by atoms with Gasteiger partial charge in [0.15, 0.2) is 6.10 Å². The lowest BCUT2D eigenvalue weighted by atomic mass is 10.2. The maximum absolute atomic E-state index is 10.2. The quantitative estimate of drug-likeness (QED) is 0.616. The zero-order chi connectivity index (χ0) is 8.85. The second-order valence-electron chi connectivity index (χ2n) is 2.56. The summed E-state index contributed by atoms with van der Waals surface area (Å²) in [6.07, 6.45) is 0.00630. The van der Waals surface area contributed by atoms with E-state index in [1.54, 1.807) is 0 Å². The minimum absolute atomic E-state index is 0.433. The average Bonchev–Trinajstić information content (AvgIpc) is 1.86. The standard InChI is InChI=1S/C8H14O3/c1-6(2)4-5-11-7(3)8(9)10/h7H,1,4-5H2,2-3H3,(H,9,10). The zero-order valence-electron chi connectivity index (χ0n) is 6.96. The molecule has 3 nitrogen and oxygen atoms in total. The van der Waals surface area contributed by atoms with Gasteiger partial charge in [0.05, 0.1) is 6.61 Å². The van der Waals surface area contributed by atoms with Crippen LogP contribution < -0.4 is 0 Å². The lowest BCUT2D eigenvalue weighted by Crippen LogP contribution is -2.20. The largest absolute Gasteiger partial charge is 0.479 e. The molecule has 0 radical (unpaired) electrons. The molecule has 0 bridgehead atoms. The van der Waals surface area contributed by atoms with Crippen molar-refractivity contribution in [3.05, 3.63) is 12.2 Å². The molecule has 0 spiro atoms. The summed E-state index contributed by atoms with van der Waals surface area (Å²) in [5.41, 5.74) is 1.00. The van der Waals surface area contributed by atoms with E-state index in [0.717, 1.165) is 12.0 Å². The van der Waals surface area contributed by atoms with Crippen LogP contribution in [0.15, 0.2) is 12.2 Å². The third-order valence-corrected chi connectivity index (χ3v) is 1.24. The van der Waals surface area contributed by atoms with Crippen molar-refractivity contribution in [2.75, 3.05) is 6.61 Å². The van der Waals surface area contributed by atoms with Crippen molar-refractivity contribution in [3.8, 4) is 0 Å². The van der Waals surface area contributed by atoms with E-state index >= 15 is 0 Å². The van der Waals surface area contributed by atoms with Crippen LogP contribution in [-0.4, -0.2) is 23.8 Å². The Bertz CT molecular complexity index is 151. The van der Waals surface area contributed by atoms with Crippen molar-refractivity contribution in [2.24, 2.45) is 0 Å². The molecular weight excluding hydrogens is 144 g/mol. The van der Waals surface area contributed by atoms with Gasteiger partial charge in [-0.25, -0.2) is 4.79 Å². The predicted octanol–water partition coefficient (Wildman–Crippen LogP) is 1.44. The monoisotopic (exact) mass is 158 g/mol. The molecule has 0 aliphatic heterocycles. The topological polar surface area (TPSA) is 46.5 Å². The fourth-order valence-corrected chi connectivity index (χ4v) is 0.481. The number of rotatable bonds is 5. The summed E-state index contributed by atoms with van der Waals surface area (Å²) in [4.78, 5) is 10.2. The van der Waals surface area contributed by atoms with E-state index in [2.05, 4.69) is 6.58 Å². The molecule has 64 valence electrons. The number of aliphatic carboxylic acids is 1. The van der Waals surface area contributed by atoms with Crippen molar-refractivity contribution >= 4 is 5.97 Å². The molecule has 0 heterocycles. The summed E-state index contributed by atoms with van der Waals surface area (Å²) in [5, 5.41) is 8.40. The van der Waals surface area contributed by atoms with E-state index in [1.807, 2.05) is 6.92 Å². The number of carbonyl (C=O) groups is 1. The van der Waals surface area contributed by atoms with Crippen molar-refractivity contribution in [1.82, 2.24) is 0 Å². The molecule has 0 aromatic rings. The highest BCUT2D eigenvalue weighted by Crippen LogP contribution is 1.98. The number of hydrogen-bond donors (Lipinski definition) is 1. The molecule has 1 atom stereocenters.